The molecule has 2 aromatic carbocycles. The van der Waals surface area contributed by atoms with Crippen LogP contribution in [-0.4, -0.2) is 72.6 Å². The first-order valence-corrected chi connectivity index (χ1v) is 11.1. The Hall–Kier alpha value is -3.23. The fraction of sp³-hybridized carbons (Fsp3) is 0.360. The summed E-state index contributed by atoms with van der Waals surface area (Å²) < 4.78 is 24.4. The van der Waals surface area contributed by atoms with Gasteiger partial charge in [-0.05, 0) is 48.9 Å². The van der Waals surface area contributed by atoms with Crippen molar-refractivity contribution in [2.45, 2.75) is 13.0 Å². The number of hydrogen-bond acceptors (Lipinski definition) is 6. The maximum atomic E-state index is 13.4. The van der Waals surface area contributed by atoms with Gasteiger partial charge in [0.15, 0.2) is 0 Å². The molecule has 1 atom stereocenters. The molecule has 0 aliphatic carbocycles. The van der Waals surface area contributed by atoms with Gasteiger partial charge in [-0.2, -0.15) is 0 Å². The van der Waals surface area contributed by atoms with E-state index >= 15 is 0 Å². The van der Waals surface area contributed by atoms with Gasteiger partial charge < -0.3 is 19.5 Å². The van der Waals surface area contributed by atoms with Gasteiger partial charge in [0.25, 0.3) is 11.7 Å². The summed E-state index contributed by atoms with van der Waals surface area (Å²) in [7, 11) is 0. The number of halogens is 1. The van der Waals surface area contributed by atoms with Crippen LogP contribution in [0.4, 0.5) is 4.39 Å². The first kappa shape index (κ1) is 22.9. The van der Waals surface area contributed by atoms with Crippen molar-refractivity contribution >= 4 is 17.4 Å². The van der Waals surface area contributed by atoms with E-state index in [9.17, 15) is 19.1 Å². The van der Waals surface area contributed by atoms with E-state index in [0.29, 0.717) is 44.2 Å². The summed E-state index contributed by atoms with van der Waals surface area (Å²) in [6, 6.07) is 11.6. The Kier molecular flexibility index (Phi) is 7.05. The van der Waals surface area contributed by atoms with Crippen molar-refractivity contribution in [2.75, 3.05) is 46.0 Å². The molecule has 2 aliphatic heterocycles. The van der Waals surface area contributed by atoms with Crippen molar-refractivity contribution in [1.82, 2.24) is 9.80 Å². The lowest BCUT2D eigenvalue weighted by Crippen LogP contribution is -2.42. The van der Waals surface area contributed by atoms with Crippen molar-refractivity contribution in [1.29, 1.82) is 0 Å². The Morgan fingerprint density at radius 1 is 1.12 bits per heavy atom. The quantitative estimate of drug-likeness (QED) is 0.394. The lowest BCUT2D eigenvalue weighted by Gasteiger charge is -2.31. The second-order valence-corrected chi connectivity index (χ2v) is 7.96. The van der Waals surface area contributed by atoms with Crippen LogP contribution in [-0.2, 0) is 14.3 Å². The Bertz CT molecular complexity index is 1050. The van der Waals surface area contributed by atoms with Gasteiger partial charge >= 0.3 is 0 Å². The van der Waals surface area contributed by atoms with Crippen LogP contribution in [0.25, 0.3) is 5.76 Å². The molecule has 7 nitrogen and oxygen atoms in total. The van der Waals surface area contributed by atoms with Crippen molar-refractivity contribution in [3.63, 3.8) is 0 Å². The normalized spacial score (nSPS) is 20.9. The van der Waals surface area contributed by atoms with Gasteiger partial charge in [0, 0.05) is 31.7 Å². The van der Waals surface area contributed by atoms with E-state index in [-0.39, 0.29) is 16.9 Å². The molecule has 1 N–H and O–H groups in total. The highest BCUT2D eigenvalue weighted by atomic mass is 19.1. The average Bonchev–Trinajstić information content (AvgIpc) is 3.09. The number of carbonyl (C=O) groups is 2. The SMILES string of the molecule is CCOc1cccc(C2C(=C(O)c3ccc(F)cc3)C(=O)C(=O)N2CCN2CCOCC2)c1. The van der Waals surface area contributed by atoms with Gasteiger partial charge in [0.1, 0.15) is 17.3 Å². The number of benzene rings is 2. The number of Topliss-reactive ketones (excluding diaryl/α,β-unsaturated/α-hetero) is 1. The van der Waals surface area contributed by atoms with Gasteiger partial charge in [-0.1, -0.05) is 12.1 Å². The smallest absolute Gasteiger partial charge is 0.295 e. The van der Waals surface area contributed by atoms with E-state index in [1.807, 2.05) is 6.92 Å². The Morgan fingerprint density at radius 2 is 1.85 bits per heavy atom. The molecule has 0 saturated carbocycles. The first-order chi connectivity index (χ1) is 16.0. The Labute approximate surface area is 192 Å². The molecular formula is C25H27FN2O5. The molecule has 2 aromatic rings. The topological polar surface area (TPSA) is 79.3 Å². The van der Waals surface area contributed by atoms with E-state index in [0.717, 1.165) is 13.1 Å². The van der Waals surface area contributed by atoms with Crippen LogP contribution in [0.2, 0.25) is 0 Å². The van der Waals surface area contributed by atoms with Crippen LogP contribution >= 0.6 is 0 Å². The highest BCUT2D eigenvalue weighted by molar-refractivity contribution is 6.46. The summed E-state index contributed by atoms with van der Waals surface area (Å²) in [5.74, 6) is -1.60. The summed E-state index contributed by atoms with van der Waals surface area (Å²) in [6.45, 7) is 6.00. The largest absolute Gasteiger partial charge is 0.507 e. The van der Waals surface area contributed by atoms with E-state index in [1.165, 1.54) is 29.2 Å². The summed E-state index contributed by atoms with van der Waals surface area (Å²) in [6.07, 6.45) is 0. The molecule has 0 bridgehead atoms. The molecule has 2 saturated heterocycles. The van der Waals surface area contributed by atoms with Crippen molar-refractivity contribution in [2.24, 2.45) is 0 Å². The molecule has 4 rings (SSSR count). The number of rotatable bonds is 7. The zero-order valence-corrected chi connectivity index (χ0v) is 18.5. The van der Waals surface area contributed by atoms with Crippen molar-refractivity contribution in [3.05, 3.63) is 71.0 Å². The molecule has 1 unspecified atom stereocenters. The van der Waals surface area contributed by atoms with Crippen molar-refractivity contribution < 1.29 is 28.6 Å². The molecule has 0 radical (unpaired) electrons. The zero-order chi connectivity index (χ0) is 23.4. The van der Waals surface area contributed by atoms with Crippen LogP contribution in [0, 0.1) is 5.82 Å². The average molecular weight is 454 g/mol. The third-order valence-electron chi connectivity index (χ3n) is 5.90. The molecule has 1 amide bonds. The Balaban J connectivity index is 1.74. The number of likely N-dealkylation sites (tertiary alicyclic amines) is 1. The summed E-state index contributed by atoms with van der Waals surface area (Å²) in [5.41, 5.74) is 0.918. The standard InChI is InChI=1S/C25H27FN2O5/c1-2-33-20-5-3-4-18(16-20)22-21(23(29)17-6-8-19(26)9-7-17)24(30)25(31)28(22)11-10-27-12-14-32-15-13-27/h3-9,16,22,29H,2,10-15H2,1H3. The number of hydrogen-bond donors (Lipinski definition) is 1. The number of amides is 1. The molecule has 174 valence electrons. The molecule has 8 heteroatoms. The van der Waals surface area contributed by atoms with Crippen LogP contribution in [0.5, 0.6) is 5.75 Å². The summed E-state index contributed by atoms with van der Waals surface area (Å²) in [4.78, 5) is 29.8. The predicted molar refractivity (Wildman–Crippen MR) is 120 cm³/mol. The monoisotopic (exact) mass is 454 g/mol. The highest BCUT2D eigenvalue weighted by Gasteiger charge is 2.46. The summed E-state index contributed by atoms with van der Waals surface area (Å²) >= 11 is 0. The minimum atomic E-state index is -0.781. The van der Waals surface area contributed by atoms with E-state index in [2.05, 4.69) is 4.90 Å². The molecule has 2 aliphatic rings. The number of ketones is 1. The highest BCUT2D eigenvalue weighted by Crippen LogP contribution is 2.40. The third-order valence-corrected chi connectivity index (χ3v) is 5.90. The number of aliphatic hydroxyl groups is 1. The third kappa shape index (κ3) is 4.91. The maximum Gasteiger partial charge on any atom is 0.295 e. The van der Waals surface area contributed by atoms with Gasteiger partial charge in [-0.3, -0.25) is 14.5 Å². The zero-order valence-electron chi connectivity index (χ0n) is 18.5. The van der Waals surface area contributed by atoms with Crippen LogP contribution in [0.3, 0.4) is 0 Å². The molecule has 2 heterocycles. The Morgan fingerprint density at radius 3 is 2.55 bits per heavy atom. The number of aliphatic hydroxyl groups excluding tert-OH is 1. The maximum absolute atomic E-state index is 13.4. The van der Waals surface area contributed by atoms with E-state index in [1.54, 1.807) is 24.3 Å². The number of nitrogens with zero attached hydrogens (tertiary/aromatic N) is 2. The molecule has 0 aromatic heterocycles. The van der Waals surface area contributed by atoms with Gasteiger partial charge in [-0.25, -0.2) is 4.39 Å². The second-order valence-electron chi connectivity index (χ2n) is 7.96. The van der Waals surface area contributed by atoms with Gasteiger partial charge in [0.05, 0.1) is 31.4 Å². The lowest BCUT2D eigenvalue weighted by molar-refractivity contribution is -0.140. The molecular weight excluding hydrogens is 427 g/mol. The summed E-state index contributed by atoms with van der Waals surface area (Å²) in [5, 5.41) is 11.0. The number of carbonyl (C=O) groups excluding carboxylic acids is 2. The van der Waals surface area contributed by atoms with E-state index < -0.39 is 23.5 Å². The van der Waals surface area contributed by atoms with E-state index in [4.69, 9.17) is 9.47 Å². The second kappa shape index (κ2) is 10.1. The van der Waals surface area contributed by atoms with Gasteiger partial charge in [-0.15, -0.1) is 0 Å². The lowest BCUT2D eigenvalue weighted by atomic mass is 9.95. The van der Waals surface area contributed by atoms with Crippen molar-refractivity contribution in [3.8, 4) is 5.75 Å². The number of ether oxygens (including phenoxy) is 2. The van der Waals surface area contributed by atoms with Gasteiger partial charge in [0.2, 0.25) is 0 Å². The van der Waals surface area contributed by atoms with Crippen LogP contribution in [0.15, 0.2) is 54.1 Å². The minimum absolute atomic E-state index is 0.0118. The molecule has 2 fully saturated rings. The molecule has 33 heavy (non-hydrogen) atoms. The fourth-order valence-electron chi connectivity index (χ4n) is 4.24. The van der Waals surface area contributed by atoms with Crippen LogP contribution in [0.1, 0.15) is 24.1 Å². The number of morpholine rings is 1. The molecule has 0 spiro atoms. The minimum Gasteiger partial charge on any atom is -0.507 e. The fourth-order valence-corrected chi connectivity index (χ4v) is 4.24. The van der Waals surface area contributed by atoms with Crippen LogP contribution < -0.4 is 4.74 Å². The first-order valence-electron chi connectivity index (χ1n) is 11.1. The predicted octanol–water partition coefficient (Wildman–Crippen LogP) is 2.98.